The molecule has 4 N–H and O–H groups in total. The van der Waals surface area contributed by atoms with Gasteiger partial charge in [0.2, 0.25) is 0 Å². The van der Waals surface area contributed by atoms with E-state index in [1.54, 1.807) is 14.2 Å². The van der Waals surface area contributed by atoms with Crippen molar-refractivity contribution in [3.63, 3.8) is 0 Å². The molecule has 0 unspecified atom stereocenters. The molecule has 1 fully saturated rings. The van der Waals surface area contributed by atoms with E-state index in [4.69, 9.17) is 15.2 Å². The van der Waals surface area contributed by atoms with Crippen LogP contribution in [0.4, 0.5) is 0 Å². The molecule has 0 saturated heterocycles. The number of fused-ring (bicyclic) bond motifs is 1. The standard InChI is InChI=1S/C32H37N3O3/c1-19(2)30-26-17-21(8-14-27(26)35-31(30)22-9-15-28(37-3)29(18-22)38-4)20-6-5-7-23(16-20)32(36)34-25-12-10-24(33)11-13-25/h5-9,14-19,24-25,35H,10-13,33H2,1-4H3,(H,34,36). The summed E-state index contributed by atoms with van der Waals surface area (Å²) in [5.41, 5.74) is 13.3. The summed E-state index contributed by atoms with van der Waals surface area (Å²) >= 11 is 0. The number of hydrogen-bond donors (Lipinski definition) is 3. The van der Waals surface area contributed by atoms with Gasteiger partial charge in [-0.3, -0.25) is 4.79 Å². The SMILES string of the molecule is COc1ccc(-c2[nH]c3ccc(-c4cccc(C(=O)NC5CCC(N)CC5)c4)cc3c2C(C)C)cc1OC. The molecule has 6 heteroatoms. The van der Waals surface area contributed by atoms with Crippen molar-refractivity contribution >= 4 is 16.8 Å². The summed E-state index contributed by atoms with van der Waals surface area (Å²) in [5, 5.41) is 4.38. The van der Waals surface area contributed by atoms with Gasteiger partial charge in [0.15, 0.2) is 11.5 Å². The molecule has 5 rings (SSSR count). The third-order valence-electron chi connectivity index (χ3n) is 7.65. The van der Waals surface area contributed by atoms with Crippen LogP contribution in [0.3, 0.4) is 0 Å². The lowest BCUT2D eigenvalue weighted by Crippen LogP contribution is -2.40. The van der Waals surface area contributed by atoms with Crippen molar-refractivity contribution in [3.05, 3.63) is 71.8 Å². The van der Waals surface area contributed by atoms with Crippen molar-refractivity contribution in [3.8, 4) is 33.9 Å². The number of aromatic amines is 1. The van der Waals surface area contributed by atoms with Crippen molar-refractivity contribution in [2.45, 2.75) is 57.5 Å². The maximum absolute atomic E-state index is 13.0. The summed E-state index contributed by atoms with van der Waals surface area (Å²) in [5.74, 6) is 1.68. The number of nitrogens with one attached hydrogen (secondary N) is 2. The van der Waals surface area contributed by atoms with Gasteiger partial charge in [0.25, 0.3) is 5.91 Å². The van der Waals surface area contributed by atoms with Gasteiger partial charge >= 0.3 is 0 Å². The smallest absolute Gasteiger partial charge is 0.251 e. The van der Waals surface area contributed by atoms with Crippen molar-refractivity contribution in [1.82, 2.24) is 10.3 Å². The lowest BCUT2D eigenvalue weighted by atomic mass is 9.91. The van der Waals surface area contributed by atoms with E-state index in [-0.39, 0.29) is 18.0 Å². The Morgan fingerprint density at radius 2 is 1.61 bits per heavy atom. The highest BCUT2D eigenvalue weighted by Crippen LogP contribution is 2.40. The molecule has 1 aromatic heterocycles. The van der Waals surface area contributed by atoms with Crippen LogP contribution in [0.25, 0.3) is 33.3 Å². The van der Waals surface area contributed by atoms with Gasteiger partial charge in [-0.05, 0) is 90.8 Å². The van der Waals surface area contributed by atoms with E-state index in [0.29, 0.717) is 23.0 Å². The topological polar surface area (TPSA) is 89.4 Å². The zero-order chi connectivity index (χ0) is 26.8. The Bertz CT molecular complexity index is 1450. The maximum atomic E-state index is 13.0. The van der Waals surface area contributed by atoms with E-state index in [2.05, 4.69) is 54.5 Å². The van der Waals surface area contributed by atoms with Crippen LogP contribution in [-0.2, 0) is 0 Å². The third kappa shape index (κ3) is 5.14. The molecule has 38 heavy (non-hydrogen) atoms. The van der Waals surface area contributed by atoms with Gasteiger partial charge in [0.05, 0.1) is 19.9 Å². The van der Waals surface area contributed by atoms with Crippen LogP contribution in [0.5, 0.6) is 11.5 Å². The van der Waals surface area contributed by atoms with E-state index in [1.807, 2.05) is 30.3 Å². The number of ether oxygens (including phenoxy) is 2. The van der Waals surface area contributed by atoms with Crippen LogP contribution in [0, 0.1) is 0 Å². The Balaban J connectivity index is 1.48. The highest BCUT2D eigenvalue weighted by Gasteiger charge is 2.21. The molecule has 1 amide bonds. The molecule has 4 aromatic rings. The number of nitrogens with two attached hydrogens (primary N) is 1. The van der Waals surface area contributed by atoms with Gasteiger partial charge in [-0.15, -0.1) is 0 Å². The molecular weight excluding hydrogens is 474 g/mol. The van der Waals surface area contributed by atoms with Crippen molar-refractivity contribution < 1.29 is 14.3 Å². The Hall–Kier alpha value is -3.77. The number of benzene rings is 3. The predicted octanol–water partition coefficient (Wildman–Crippen LogP) is 6.64. The first-order valence-electron chi connectivity index (χ1n) is 13.4. The summed E-state index contributed by atoms with van der Waals surface area (Å²) in [7, 11) is 3.30. The molecule has 0 aliphatic heterocycles. The van der Waals surface area contributed by atoms with Crippen LogP contribution in [0.2, 0.25) is 0 Å². The van der Waals surface area contributed by atoms with Gasteiger partial charge in [-0.25, -0.2) is 0 Å². The molecule has 1 heterocycles. The van der Waals surface area contributed by atoms with E-state index < -0.39 is 0 Å². The lowest BCUT2D eigenvalue weighted by molar-refractivity contribution is 0.0926. The lowest BCUT2D eigenvalue weighted by Gasteiger charge is -2.26. The average Bonchev–Trinajstić information content (AvgIpc) is 3.33. The molecule has 1 aliphatic rings. The number of methoxy groups -OCH3 is 2. The second-order valence-corrected chi connectivity index (χ2v) is 10.6. The quantitative estimate of drug-likeness (QED) is 0.259. The minimum atomic E-state index is -0.0198. The maximum Gasteiger partial charge on any atom is 0.251 e. The van der Waals surface area contributed by atoms with Gasteiger partial charge in [0.1, 0.15) is 0 Å². The normalized spacial score (nSPS) is 17.5. The molecule has 0 bridgehead atoms. The Morgan fingerprint density at radius 3 is 2.32 bits per heavy atom. The van der Waals surface area contributed by atoms with Crippen molar-refractivity contribution in [1.29, 1.82) is 0 Å². The number of hydrogen-bond acceptors (Lipinski definition) is 4. The number of aromatic nitrogens is 1. The molecule has 1 aliphatic carbocycles. The summed E-state index contributed by atoms with van der Waals surface area (Å²) in [6.07, 6.45) is 3.81. The zero-order valence-corrected chi connectivity index (χ0v) is 22.6. The molecule has 0 atom stereocenters. The molecule has 1 saturated carbocycles. The molecule has 0 radical (unpaired) electrons. The minimum absolute atomic E-state index is 0.0198. The Labute approximate surface area is 224 Å². The minimum Gasteiger partial charge on any atom is -0.493 e. The van der Waals surface area contributed by atoms with Crippen molar-refractivity contribution in [2.75, 3.05) is 14.2 Å². The predicted molar refractivity (Wildman–Crippen MR) is 154 cm³/mol. The Kier molecular flexibility index (Phi) is 7.43. The fourth-order valence-electron chi connectivity index (χ4n) is 5.58. The summed E-state index contributed by atoms with van der Waals surface area (Å²) < 4.78 is 11.0. The van der Waals surface area contributed by atoms with Gasteiger partial charge in [0, 0.05) is 34.1 Å². The summed E-state index contributed by atoms with van der Waals surface area (Å²) in [4.78, 5) is 16.7. The second kappa shape index (κ2) is 10.9. The first-order chi connectivity index (χ1) is 18.4. The molecule has 6 nitrogen and oxygen atoms in total. The van der Waals surface area contributed by atoms with Gasteiger partial charge < -0.3 is 25.5 Å². The summed E-state index contributed by atoms with van der Waals surface area (Å²) in [6, 6.07) is 20.8. The molecular formula is C32H37N3O3. The average molecular weight is 512 g/mol. The van der Waals surface area contributed by atoms with Crippen LogP contribution < -0.4 is 20.5 Å². The number of carbonyl (C=O) groups is 1. The summed E-state index contributed by atoms with van der Waals surface area (Å²) in [6.45, 7) is 4.42. The van der Waals surface area contributed by atoms with E-state index in [0.717, 1.165) is 53.6 Å². The molecule has 3 aromatic carbocycles. The molecule has 198 valence electrons. The van der Waals surface area contributed by atoms with Crippen molar-refractivity contribution in [2.24, 2.45) is 5.73 Å². The third-order valence-corrected chi connectivity index (χ3v) is 7.65. The van der Waals surface area contributed by atoms with Crippen LogP contribution in [0.15, 0.2) is 60.7 Å². The second-order valence-electron chi connectivity index (χ2n) is 10.6. The fraction of sp³-hybridized carbons (Fsp3) is 0.344. The fourth-order valence-corrected chi connectivity index (χ4v) is 5.58. The zero-order valence-electron chi connectivity index (χ0n) is 22.6. The number of rotatable bonds is 7. The van der Waals surface area contributed by atoms with E-state index in [1.165, 1.54) is 10.9 Å². The largest absolute Gasteiger partial charge is 0.493 e. The van der Waals surface area contributed by atoms with Gasteiger partial charge in [-0.2, -0.15) is 0 Å². The first kappa shape index (κ1) is 25.9. The first-order valence-corrected chi connectivity index (χ1v) is 13.4. The monoisotopic (exact) mass is 511 g/mol. The number of H-pyrrole nitrogens is 1. The highest BCUT2D eigenvalue weighted by molar-refractivity contribution is 5.97. The van der Waals surface area contributed by atoms with Crippen LogP contribution in [-0.4, -0.2) is 37.2 Å². The van der Waals surface area contributed by atoms with E-state index >= 15 is 0 Å². The van der Waals surface area contributed by atoms with Crippen LogP contribution >= 0.6 is 0 Å². The van der Waals surface area contributed by atoms with Crippen LogP contribution in [0.1, 0.15) is 61.4 Å². The molecule has 0 spiro atoms. The number of carbonyl (C=O) groups excluding carboxylic acids is 1. The van der Waals surface area contributed by atoms with Gasteiger partial charge in [-0.1, -0.05) is 32.0 Å². The Morgan fingerprint density at radius 1 is 0.895 bits per heavy atom. The van der Waals surface area contributed by atoms with E-state index in [9.17, 15) is 4.79 Å². The number of amides is 1. The highest BCUT2D eigenvalue weighted by atomic mass is 16.5.